The summed E-state index contributed by atoms with van der Waals surface area (Å²) >= 11 is 1.36. The molecule has 0 saturated carbocycles. The summed E-state index contributed by atoms with van der Waals surface area (Å²) in [6.07, 6.45) is 1.51. The number of carbonyl (C=O) groups is 3. The highest BCUT2D eigenvalue weighted by Gasteiger charge is 2.52. The minimum absolute atomic E-state index is 0.0000415. The van der Waals surface area contributed by atoms with Gasteiger partial charge in [0.25, 0.3) is 5.91 Å². The second-order valence-electron chi connectivity index (χ2n) is 9.83. The van der Waals surface area contributed by atoms with E-state index in [0.29, 0.717) is 24.3 Å². The van der Waals surface area contributed by atoms with Gasteiger partial charge in [-0.15, -0.1) is 11.3 Å². The van der Waals surface area contributed by atoms with Gasteiger partial charge in [0, 0.05) is 34.0 Å². The second-order valence-corrected chi connectivity index (χ2v) is 10.8. The third-order valence-electron chi connectivity index (χ3n) is 7.01. The van der Waals surface area contributed by atoms with E-state index in [1.54, 1.807) is 30.5 Å². The monoisotopic (exact) mass is 580 g/mol. The molecule has 41 heavy (non-hydrogen) atoms. The van der Waals surface area contributed by atoms with Gasteiger partial charge in [-0.2, -0.15) is 0 Å². The molecule has 13 heteroatoms. The van der Waals surface area contributed by atoms with Crippen LogP contribution >= 0.6 is 11.3 Å². The number of likely N-dealkylation sites (tertiary alicyclic amines) is 1. The first-order valence-corrected chi connectivity index (χ1v) is 13.8. The number of benzene rings is 1. The predicted octanol–water partition coefficient (Wildman–Crippen LogP) is 2.18. The van der Waals surface area contributed by atoms with E-state index in [1.807, 2.05) is 18.2 Å². The maximum absolute atomic E-state index is 14.8. The van der Waals surface area contributed by atoms with Gasteiger partial charge in [0.2, 0.25) is 11.8 Å². The summed E-state index contributed by atoms with van der Waals surface area (Å²) < 4.78 is 26.3. The van der Waals surface area contributed by atoms with Crippen LogP contribution < -0.4 is 16.4 Å². The highest BCUT2D eigenvalue weighted by Crippen LogP contribution is 2.35. The Balaban J connectivity index is 1.25. The van der Waals surface area contributed by atoms with Crippen molar-refractivity contribution in [3.05, 3.63) is 76.0 Å². The molecule has 1 spiro atoms. The number of nitrogens with zero attached hydrogens (tertiary/aromatic N) is 2. The summed E-state index contributed by atoms with van der Waals surface area (Å²) in [6, 6.07) is 10.7. The quantitative estimate of drug-likeness (QED) is 0.235. The van der Waals surface area contributed by atoms with Crippen LogP contribution in [0.25, 0.3) is 11.1 Å². The molecular weight excluding hydrogens is 551 g/mol. The molecule has 3 amide bonds. The highest BCUT2D eigenvalue weighted by molar-refractivity contribution is 7.10. The molecule has 0 aliphatic carbocycles. The number of amidine groups is 1. The fraction of sp³-hybridized carbons (Fsp3) is 0.321. The standard InChI is InChI=1S/C28H29FN6O5S/c1-16(22-10-19(14-41-22)25(30)31)34-26(37)21-11-28(39-7-8-40-28)15-35(21)23(36)13-33-27(38)24-20(29)9-18(12-32-24)17-5-3-2-4-6-17/h2-6,9-10,12,14,16,21H,7-8,11,13,15H2,1H3,(H3,30,31)(H,33,38)(H,34,37)/t16-,21+/m1/s1. The number of nitrogen functional groups attached to an aromatic ring is 1. The lowest BCUT2D eigenvalue weighted by molar-refractivity contribution is -0.152. The van der Waals surface area contributed by atoms with E-state index in [-0.39, 0.29) is 18.8 Å². The predicted molar refractivity (Wildman–Crippen MR) is 149 cm³/mol. The maximum Gasteiger partial charge on any atom is 0.273 e. The molecule has 3 aromatic rings. The van der Waals surface area contributed by atoms with E-state index in [1.165, 1.54) is 28.5 Å². The van der Waals surface area contributed by atoms with Crippen LogP contribution in [0.2, 0.25) is 0 Å². The number of aromatic nitrogens is 1. The van der Waals surface area contributed by atoms with Crippen molar-refractivity contribution in [3.63, 3.8) is 0 Å². The number of amides is 3. The van der Waals surface area contributed by atoms with Crippen LogP contribution in [-0.4, -0.2) is 71.6 Å². The fourth-order valence-electron chi connectivity index (χ4n) is 4.88. The Hall–Kier alpha value is -4.20. The first kappa shape index (κ1) is 28.3. The molecule has 5 rings (SSSR count). The van der Waals surface area contributed by atoms with E-state index >= 15 is 0 Å². The van der Waals surface area contributed by atoms with E-state index in [9.17, 15) is 18.8 Å². The first-order chi connectivity index (χ1) is 19.7. The summed E-state index contributed by atoms with van der Waals surface area (Å²) in [5.41, 5.74) is 6.93. The van der Waals surface area contributed by atoms with Crippen LogP contribution in [0, 0.1) is 11.2 Å². The van der Waals surface area contributed by atoms with Crippen LogP contribution in [0.4, 0.5) is 4.39 Å². The molecule has 2 saturated heterocycles. The van der Waals surface area contributed by atoms with Gasteiger partial charge in [-0.1, -0.05) is 30.3 Å². The molecule has 0 radical (unpaired) electrons. The second kappa shape index (κ2) is 11.7. The number of thiophene rings is 1. The lowest BCUT2D eigenvalue weighted by Gasteiger charge is -2.25. The van der Waals surface area contributed by atoms with Crippen molar-refractivity contribution in [3.8, 4) is 11.1 Å². The average Bonchev–Trinajstić information content (AvgIpc) is 3.73. The van der Waals surface area contributed by atoms with Gasteiger partial charge in [0.1, 0.15) is 11.9 Å². The summed E-state index contributed by atoms with van der Waals surface area (Å²) in [4.78, 5) is 45.4. The van der Waals surface area contributed by atoms with Crippen molar-refractivity contribution in [2.24, 2.45) is 5.73 Å². The van der Waals surface area contributed by atoms with E-state index in [2.05, 4.69) is 15.6 Å². The van der Waals surface area contributed by atoms with Crippen LogP contribution in [0.3, 0.4) is 0 Å². The molecule has 214 valence electrons. The maximum atomic E-state index is 14.8. The molecular formula is C28H29FN6O5S. The normalized spacial score (nSPS) is 18.3. The number of hydrogen-bond donors (Lipinski definition) is 4. The number of carbonyl (C=O) groups excluding carboxylic acids is 3. The molecule has 2 aromatic heterocycles. The Bertz CT molecular complexity index is 1480. The molecule has 0 unspecified atom stereocenters. The first-order valence-electron chi connectivity index (χ1n) is 13.0. The van der Waals surface area contributed by atoms with Crippen molar-refractivity contribution >= 4 is 34.9 Å². The number of hydrogen-bond acceptors (Lipinski definition) is 8. The van der Waals surface area contributed by atoms with Crippen molar-refractivity contribution in [1.82, 2.24) is 20.5 Å². The van der Waals surface area contributed by atoms with E-state index in [0.717, 1.165) is 10.4 Å². The zero-order valence-corrected chi connectivity index (χ0v) is 23.0. The highest BCUT2D eigenvalue weighted by atomic mass is 32.1. The Kier molecular flexibility index (Phi) is 8.10. The zero-order chi connectivity index (χ0) is 29.1. The average molecular weight is 581 g/mol. The SMILES string of the molecule is C[C@@H](NC(=O)[C@@H]1CC2(CN1C(=O)CNC(=O)c1ncc(-c3ccccc3)cc1F)OCCO2)c1cc(C(=N)N)cs1. The smallest absolute Gasteiger partial charge is 0.273 e. The Labute approximate surface area is 239 Å². The molecule has 4 heterocycles. The number of ether oxygens (including phenoxy) is 2. The lowest BCUT2D eigenvalue weighted by Crippen LogP contribution is -2.49. The molecule has 1 aromatic carbocycles. The third kappa shape index (κ3) is 6.11. The van der Waals surface area contributed by atoms with Crippen LogP contribution in [0.5, 0.6) is 0 Å². The molecule has 2 aliphatic rings. The topological polar surface area (TPSA) is 160 Å². The van der Waals surface area contributed by atoms with Gasteiger partial charge in [-0.25, -0.2) is 9.37 Å². The lowest BCUT2D eigenvalue weighted by atomic mass is 10.1. The molecule has 5 N–H and O–H groups in total. The van der Waals surface area contributed by atoms with Crippen molar-refractivity contribution < 1.29 is 28.2 Å². The largest absolute Gasteiger partial charge is 0.384 e. The Morgan fingerprint density at radius 1 is 1.22 bits per heavy atom. The van der Waals surface area contributed by atoms with Crippen molar-refractivity contribution in [2.75, 3.05) is 26.3 Å². The van der Waals surface area contributed by atoms with Gasteiger partial charge in [-0.05, 0) is 24.6 Å². The third-order valence-corrected chi connectivity index (χ3v) is 8.12. The van der Waals surface area contributed by atoms with Gasteiger partial charge in [0.05, 0.1) is 32.3 Å². The van der Waals surface area contributed by atoms with Crippen molar-refractivity contribution in [1.29, 1.82) is 5.41 Å². The summed E-state index contributed by atoms with van der Waals surface area (Å²) in [5, 5.41) is 14.6. The van der Waals surface area contributed by atoms with E-state index < -0.39 is 53.6 Å². The van der Waals surface area contributed by atoms with Crippen molar-refractivity contribution in [2.45, 2.75) is 31.2 Å². The molecule has 11 nitrogen and oxygen atoms in total. The number of halogens is 1. The molecule has 2 atom stereocenters. The number of rotatable bonds is 8. The summed E-state index contributed by atoms with van der Waals surface area (Å²) in [7, 11) is 0. The number of nitrogens with two attached hydrogens (primary N) is 1. The zero-order valence-electron chi connectivity index (χ0n) is 22.2. The van der Waals surface area contributed by atoms with Gasteiger partial charge in [-0.3, -0.25) is 19.8 Å². The molecule has 2 fully saturated rings. The number of nitrogens with one attached hydrogen (secondary N) is 3. The Morgan fingerprint density at radius 2 is 1.95 bits per heavy atom. The van der Waals surface area contributed by atoms with Gasteiger partial charge >= 0.3 is 0 Å². The fourth-order valence-corrected chi connectivity index (χ4v) is 5.79. The summed E-state index contributed by atoms with van der Waals surface area (Å²) in [5.74, 6) is -3.84. The van der Waals surface area contributed by atoms with E-state index in [4.69, 9.17) is 20.6 Å². The van der Waals surface area contributed by atoms with Gasteiger partial charge in [0.15, 0.2) is 17.3 Å². The molecule has 0 bridgehead atoms. The molecule has 2 aliphatic heterocycles. The minimum atomic E-state index is -1.11. The van der Waals surface area contributed by atoms with Gasteiger partial charge < -0.3 is 30.7 Å². The van der Waals surface area contributed by atoms with Crippen LogP contribution in [0.15, 0.2) is 54.0 Å². The Morgan fingerprint density at radius 3 is 2.61 bits per heavy atom. The van der Waals surface area contributed by atoms with Crippen LogP contribution in [-0.2, 0) is 19.1 Å². The van der Waals surface area contributed by atoms with Crippen LogP contribution in [0.1, 0.15) is 40.3 Å². The number of pyridine rings is 1. The summed E-state index contributed by atoms with van der Waals surface area (Å²) in [6.45, 7) is 1.97. The minimum Gasteiger partial charge on any atom is -0.384 e.